The third-order valence-electron chi connectivity index (χ3n) is 5.86. The van der Waals surface area contributed by atoms with Gasteiger partial charge in [-0.25, -0.2) is 8.78 Å². The lowest BCUT2D eigenvalue weighted by atomic mass is 9.88. The summed E-state index contributed by atoms with van der Waals surface area (Å²) >= 11 is 5.83. The van der Waals surface area contributed by atoms with Crippen LogP contribution in [0, 0.1) is 11.6 Å². The predicted octanol–water partition coefficient (Wildman–Crippen LogP) is 4.52. The van der Waals surface area contributed by atoms with Gasteiger partial charge in [0.25, 0.3) is 0 Å². The second-order valence-corrected chi connectivity index (χ2v) is 8.07. The van der Waals surface area contributed by atoms with Crippen LogP contribution in [0.4, 0.5) is 14.5 Å². The molecule has 0 radical (unpaired) electrons. The Kier molecular flexibility index (Phi) is 5.54. The van der Waals surface area contributed by atoms with E-state index in [2.05, 4.69) is 10.2 Å². The number of nitrogens with zero attached hydrogens (tertiary/aromatic N) is 1. The summed E-state index contributed by atoms with van der Waals surface area (Å²) in [5.74, 6) is -2.02. The average molecular weight is 419 g/mol. The van der Waals surface area contributed by atoms with Crippen molar-refractivity contribution in [2.45, 2.75) is 37.5 Å². The zero-order chi connectivity index (χ0) is 20.5. The van der Waals surface area contributed by atoms with Crippen LogP contribution in [0.1, 0.15) is 48.6 Å². The molecule has 0 aliphatic carbocycles. The molecule has 2 fully saturated rings. The molecule has 0 bridgehead atoms. The SMILES string of the molecule is O=C1CCC(c2ccc(N3CCC(c4ccc(Cl)cc4F)CC3)cc2F)C(=O)N1. The van der Waals surface area contributed by atoms with Crippen molar-refractivity contribution in [3.8, 4) is 0 Å². The first kappa shape index (κ1) is 19.8. The van der Waals surface area contributed by atoms with E-state index < -0.39 is 17.6 Å². The zero-order valence-electron chi connectivity index (χ0n) is 15.8. The highest BCUT2D eigenvalue weighted by Gasteiger charge is 2.30. The number of piperidine rings is 2. The second-order valence-electron chi connectivity index (χ2n) is 7.64. The molecule has 0 aromatic heterocycles. The van der Waals surface area contributed by atoms with E-state index in [1.807, 2.05) is 6.07 Å². The van der Waals surface area contributed by atoms with Crippen LogP contribution in [0.2, 0.25) is 5.02 Å². The van der Waals surface area contributed by atoms with Gasteiger partial charge in [0.05, 0.1) is 5.92 Å². The molecule has 4 nitrogen and oxygen atoms in total. The van der Waals surface area contributed by atoms with Gasteiger partial charge in [-0.3, -0.25) is 14.9 Å². The van der Waals surface area contributed by atoms with Crippen molar-refractivity contribution in [1.82, 2.24) is 5.32 Å². The number of anilines is 1. The highest BCUT2D eigenvalue weighted by Crippen LogP contribution is 2.34. The van der Waals surface area contributed by atoms with Crippen LogP contribution in [0.25, 0.3) is 0 Å². The molecular formula is C22H21ClF2N2O2. The summed E-state index contributed by atoms with van der Waals surface area (Å²) in [7, 11) is 0. The van der Waals surface area contributed by atoms with Crippen molar-refractivity contribution < 1.29 is 18.4 Å². The van der Waals surface area contributed by atoms with E-state index >= 15 is 0 Å². The summed E-state index contributed by atoms with van der Waals surface area (Å²) in [6, 6.07) is 9.68. The third-order valence-corrected chi connectivity index (χ3v) is 6.10. The predicted molar refractivity (Wildman–Crippen MR) is 107 cm³/mol. The largest absolute Gasteiger partial charge is 0.371 e. The summed E-state index contributed by atoms with van der Waals surface area (Å²) in [5.41, 5.74) is 1.74. The Morgan fingerprint density at radius 1 is 0.931 bits per heavy atom. The summed E-state index contributed by atoms with van der Waals surface area (Å²) in [6.07, 6.45) is 2.05. The number of carbonyl (C=O) groups excluding carboxylic acids is 2. The van der Waals surface area contributed by atoms with Gasteiger partial charge < -0.3 is 4.90 Å². The number of nitrogens with one attached hydrogen (secondary N) is 1. The fraction of sp³-hybridized carbons (Fsp3) is 0.364. The number of imide groups is 1. The normalized spacial score (nSPS) is 20.7. The van der Waals surface area contributed by atoms with Gasteiger partial charge in [0.1, 0.15) is 11.6 Å². The lowest BCUT2D eigenvalue weighted by Crippen LogP contribution is -2.39. The Morgan fingerprint density at radius 2 is 1.62 bits per heavy atom. The minimum absolute atomic E-state index is 0.108. The van der Waals surface area contributed by atoms with Gasteiger partial charge in [0.15, 0.2) is 0 Å². The summed E-state index contributed by atoms with van der Waals surface area (Å²) in [5, 5.41) is 2.65. The number of hydrogen-bond donors (Lipinski definition) is 1. The molecule has 2 aromatic rings. The van der Waals surface area contributed by atoms with E-state index in [0.717, 1.165) is 18.5 Å². The van der Waals surface area contributed by atoms with Crippen molar-refractivity contribution in [2.24, 2.45) is 0 Å². The van der Waals surface area contributed by atoms with Crippen LogP contribution in [0.3, 0.4) is 0 Å². The molecule has 152 valence electrons. The quantitative estimate of drug-likeness (QED) is 0.745. The highest BCUT2D eigenvalue weighted by molar-refractivity contribution is 6.30. The molecule has 2 saturated heterocycles. The van der Waals surface area contributed by atoms with Crippen molar-refractivity contribution >= 4 is 29.1 Å². The molecule has 1 unspecified atom stereocenters. The minimum atomic E-state index is -0.639. The smallest absolute Gasteiger partial charge is 0.234 e. The molecule has 2 amide bonds. The molecule has 4 rings (SSSR count). The molecule has 7 heteroatoms. The van der Waals surface area contributed by atoms with Gasteiger partial charge in [0, 0.05) is 35.8 Å². The number of carbonyl (C=O) groups is 2. The monoisotopic (exact) mass is 418 g/mol. The van der Waals surface area contributed by atoms with Crippen molar-refractivity contribution in [1.29, 1.82) is 0 Å². The van der Waals surface area contributed by atoms with Crippen molar-refractivity contribution in [2.75, 3.05) is 18.0 Å². The molecule has 2 heterocycles. The first-order chi connectivity index (χ1) is 13.9. The molecule has 1 N–H and O–H groups in total. The van der Waals surface area contributed by atoms with Gasteiger partial charge in [-0.15, -0.1) is 0 Å². The molecule has 29 heavy (non-hydrogen) atoms. The van der Waals surface area contributed by atoms with Crippen molar-refractivity contribution in [3.63, 3.8) is 0 Å². The van der Waals surface area contributed by atoms with Gasteiger partial charge in [0.2, 0.25) is 11.8 Å². The topological polar surface area (TPSA) is 49.4 Å². The maximum atomic E-state index is 14.7. The first-order valence-corrected chi connectivity index (χ1v) is 10.1. The number of rotatable bonds is 3. The fourth-order valence-electron chi connectivity index (χ4n) is 4.27. The van der Waals surface area contributed by atoms with Crippen LogP contribution < -0.4 is 10.2 Å². The highest BCUT2D eigenvalue weighted by atomic mass is 35.5. The first-order valence-electron chi connectivity index (χ1n) is 9.75. The molecule has 0 saturated carbocycles. The van der Waals surface area contributed by atoms with Crippen LogP contribution in [-0.4, -0.2) is 24.9 Å². The maximum absolute atomic E-state index is 14.7. The van der Waals surface area contributed by atoms with Crippen LogP contribution >= 0.6 is 11.6 Å². The van der Waals surface area contributed by atoms with Crippen LogP contribution in [0.15, 0.2) is 36.4 Å². The number of benzene rings is 2. The molecule has 2 aliphatic rings. The molecular weight excluding hydrogens is 398 g/mol. The molecule has 2 aromatic carbocycles. The Morgan fingerprint density at radius 3 is 2.28 bits per heavy atom. The lowest BCUT2D eigenvalue weighted by molar-refractivity contribution is -0.134. The third kappa shape index (κ3) is 4.13. The Bertz CT molecular complexity index is 958. The molecule has 1 atom stereocenters. The molecule has 2 aliphatic heterocycles. The van der Waals surface area contributed by atoms with Gasteiger partial charge >= 0.3 is 0 Å². The van der Waals surface area contributed by atoms with Crippen LogP contribution in [0.5, 0.6) is 0 Å². The summed E-state index contributed by atoms with van der Waals surface area (Å²) in [6.45, 7) is 1.37. The standard InChI is InChI=1S/C22H21ClF2N2O2/c23-14-1-3-16(19(24)11-14)13-7-9-27(10-8-13)15-2-4-17(20(25)12-15)18-5-6-21(28)26-22(18)29/h1-4,11-13,18H,5-10H2,(H,26,28,29). The summed E-state index contributed by atoms with van der Waals surface area (Å²) < 4.78 is 28.9. The number of hydrogen-bond acceptors (Lipinski definition) is 3. The Hall–Kier alpha value is -2.47. The fourth-order valence-corrected chi connectivity index (χ4v) is 4.43. The minimum Gasteiger partial charge on any atom is -0.371 e. The van der Waals surface area contributed by atoms with E-state index in [0.29, 0.717) is 35.7 Å². The zero-order valence-corrected chi connectivity index (χ0v) is 16.5. The molecule has 0 spiro atoms. The van der Waals surface area contributed by atoms with Crippen molar-refractivity contribution in [3.05, 3.63) is 64.2 Å². The second kappa shape index (κ2) is 8.11. The van der Waals surface area contributed by atoms with E-state index in [9.17, 15) is 18.4 Å². The van der Waals surface area contributed by atoms with E-state index in [1.54, 1.807) is 18.2 Å². The number of amides is 2. The van der Waals surface area contributed by atoms with E-state index in [1.165, 1.54) is 12.1 Å². The van der Waals surface area contributed by atoms with Crippen LogP contribution in [-0.2, 0) is 9.59 Å². The van der Waals surface area contributed by atoms with Gasteiger partial charge in [-0.05, 0) is 55.0 Å². The number of halogens is 3. The van der Waals surface area contributed by atoms with E-state index in [-0.39, 0.29) is 24.1 Å². The van der Waals surface area contributed by atoms with E-state index in [4.69, 9.17) is 11.6 Å². The summed E-state index contributed by atoms with van der Waals surface area (Å²) in [4.78, 5) is 25.4. The van der Waals surface area contributed by atoms with Gasteiger partial charge in [-0.2, -0.15) is 0 Å². The van der Waals surface area contributed by atoms with Gasteiger partial charge in [-0.1, -0.05) is 23.7 Å². The maximum Gasteiger partial charge on any atom is 0.234 e. The lowest BCUT2D eigenvalue weighted by Gasteiger charge is -2.34. The Labute approximate surface area is 172 Å². The Balaban J connectivity index is 1.44. The average Bonchev–Trinajstić information content (AvgIpc) is 2.69.